The van der Waals surface area contributed by atoms with Gasteiger partial charge in [0, 0.05) is 65.8 Å². The van der Waals surface area contributed by atoms with Gasteiger partial charge in [0.25, 0.3) is 5.91 Å². The monoisotopic (exact) mass is 681 g/mol. The van der Waals surface area contributed by atoms with Crippen molar-refractivity contribution in [1.29, 1.82) is 0 Å². The smallest absolute Gasteiger partial charge is 0.416 e. The zero-order valence-electron chi connectivity index (χ0n) is 27.9. The number of halogens is 4. The third-order valence-electron chi connectivity index (χ3n) is 9.26. The van der Waals surface area contributed by atoms with Crippen LogP contribution >= 0.6 is 0 Å². The fraction of sp³-hybridized carbons (Fsp3) is 0.429. The van der Waals surface area contributed by atoms with E-state index in [1.807, 2.05) is 18.9 Å². The number of alkyl halides is 3. The summed E-state index contributed by atoms with van der Waals surface area (Å²) in [4.78, 5) is 44.8. The number of likely N-dealkylation sites (N-methyl/N-ethyl adjacent to an activating group) is 1. The minimum absolute atomic E-state index is 0.105. The predicted octanol–water partition coefficient (Wildman–Crippen LogP) is 5.44. The van der Waals surface area contributed by atoms with E-state index in [4.69, 9.17) is 4.74 Å². The Hall–Kier alpha value is -4.56. The quantitative estimate of drug-likeness (QED) is 0.248. The molecule has 1 N–H and O–H groups in total. The van der Waals surface area contributed by atoms with Gasteiger partial charge in [0.15, 0.2) is 11.6 Å². The summed E-state index contributed by atoms with van der Waals surface area (Å²) in [7, 11) is 5.19. The molecule has 0 unspecified atom stereocenters. The van der Waals surface area contributed by atoms with Crippen molar-refractivity contribution in [2.75, 3.05) is 53.9 Å². The summed E-state index contributed by atoms with van der Waals surface area (Å²) in [6, 6.07) is 7.39. The van der Waals surface area contributed by atoms with Gasteiger partial charge in [-0.05, 0) is 48.4 Å². The van der Waals surface area contributed by atoms with Gasteiger partial charge in [0.1, 0.15) is 17.1 Å². The van der Waals surface area contributed by atoms with Crippen LogP contribution in [0.2, 0.25) is 0 Å². The lowest BCUT2D eigenvalue weighted by atomic mass is 9.92. The summed E-state index contributed by atoms with van der Waals surface area (Å²) in [6.45, 7) is 5.69. The topological polar surface area (TPSA) is 97.9 Å². The van der Waals surface area contributed by atoms with Gasteiger partial charge < -0.3 is 24.4 Å². The van der Waals surface area contributed by atoms with E-state index in [9.17, 15) is 22.8 Å². The van der Waals surface area contributed by atoms with Crippen molar-refractivity contribution in [1.82, 2.24) is 34.6 Å². The Bertz CT molecular complexity index is 1870. The molecule has 49 heavy (non-hydrogen) atoms. The molecule has 4 aromatic rings. The lowest BCUT2D eigenvalue weighted by Crippen LogP contribution is -2.44. The molecule has 3 aromatic heterocycles. The first kappa shape index (κ1) is 34.3. The van der Waals surface area contributed by atoms with E-state index in [2.05, 4.69) is 19.9 Å². The Morgan fingerprint density at radius 2 is 1.82 bits per heavy atom. The zero-order valence-corrected chi connectivity index (χ0v) is 27.9. The maximum atomic E-state index is 15.0. The van der Waals surface area contributed by atoms with Gasteiger partial charge >= 0.3 is 6.18 Å². The molecule has 1 fully saturated rings. The van der Waals surface area contributed by atoms with Gasteiger partial charge in [-0.1, -0.05) is 19.1 Å². The number of fused-ring (bicyclic) bond motifs is 2. The average Bonchev–Trinajstić information content (AvgIpc) is 3.51. The molecule has 2 amide bonds. The number of piperazine rings is 1. The van der Waals surface area contributed by atoms with Crippen LogP contribution in [0.15, 0.2) is 42.7 Å². The van der Waals surface area contributed by atoms with Crippen LogP contribution in [0, 0.1) is 5.82 Å². The van der Waals surface area contributed by atoms with Crippen molar-refractivity contribution in [2.45, 2.75) is 44.9 Å². The van der Waals surface area contributed by atoms with E-state index < -0.39 is 17.6 Å². The number of carbonyl (C=O) groups is 2. The molecule has 0 bridgehead atoms. The first-order valence-corrected chi connectivity index (χ1v) is 16.2. The fourth-order valence-corrected chi connectivity index (χ4v) is 6.46. The largest absolute Gasteiger partial charge is 0.452 e. The summed E-state index contributed by atoms with van der Waals surface area (Å²) in [5, 5.41) is 0.277. The number of hydrogen-bond acceptors (Lipinski definition) is 7. The Kier molecular flexibility index (Phi) is 9.63. The van der Waals surface area contributed by atoms with Gasteiger partial charge in [-0.15, -0.1) is 0 Å². The summed E-state index contributed by atoms with van der Waals surface area (Å²) < 4.78 is 63.6. The number of pyridine rings is 2. The van der Waals surface area contributed by atoms with Crippen molar-refractivity contribution in [3.63, 3.8) is 0 Å². The number of hydrogen-bond donors (Lipinski definition) is 1. The van der Waals surface area contributed by atoms with Crippen molar-refractivity contribution >= 4 is 22.8 Å². The number of aromatic amines is 1. The number of nitrogens with zero attached hydrogens (tertiary/aromatic N) is 6. The van der Waals surface area contributed by atoms with E-state index in [1.165, 1.54) is 23.2 Å². The Balaban J connectivity index is 1.21. The van der Waals surface area contributed by atoms with Crippen LogP contribution in [0.5, 0.6) is 11.5 Å². The number of ether oxygens (including phenoxy) is 1. The number of aromatic nitrogens is 3. The first-order valence-electron chi connectivity index (χ1n) is 16.2. The molecule has 0 aliphatic carbocycles. The highest BCUT2D eigenvalue weighted by molar-refractivity contribution is 5.98. The number of rotatable bonds is 8. The van der Waals surface area contributed by atoms with Crippen molar-refractivity contribution < 1.29 is 31.9 Å². The van der Waals surface area contributed by atoms with Crippen molar-refractivity contribution in [3.8, 4) is 11.5 Å². The summed E-state index contributed by atoms with van der Waals surface area (Å²) in [5.74, 6) is -1.36. The maximum Gasteiger partial charge on any atom is 0.416 e. The maximum absolute atomic E-state index is 15.0. The van der Waals surface area contributed by atoms with Crippen molar-refractivity contribution in [2.24, 2.45) is 0 Å². The highest BCUT2D eigenvalue weighted by Crippen LogP contribution is 2.37. The molecule has 0 spiro atoms. The normalized spacial score (nSPS) is 17.3. The molecule has 14 heteroatoms. The summed E-state index contributed by atoms with van der Waals surface area (Å²) >= 11 is 0. The Morgan fingerprint density at radius 1 is 1.06 bits per heavy atom. The van der Waals surface area contributed by atoms with Crippen LogP contribution in [-0.2, 0) is 30.5 Å². The molecular formula is C35H39F4N7O3. The molecule has 5 heterocycles. The van der Waals surface area contributed by atoms with E-state index in [0.29, 0.717) is 37.2 Å². The molecule has 260 valence electrons. The first-order chi connectivity index (χ1) is 23.3. The van der Waals surface area contributed by atoms with Crippen molar-refractivity contribution in [3.05, 3.63) is 82.2 Å². The van der Waals surface area contributed by atoms with E-state index in [0.717, 1.165) is 31.0 Å². The number of benzene rings is 1. The fourth-order valence-electron chi connectivity index (χ4n) is 6.46. The van der Waals surface area contributed by atoms with Gasteiger partial charge in [0.05, 0.1) is 35.5 Å². The second-order valence-corrected chi connectivity index (χ2v) is 13.0. The van der Waals surface area contributed by atoms with Crippen LogP contribution in [0.1, 0.15) is 57.7 Å². The van der Waals surface area contributed by atoms with E-state index in [1.54, 1.807) is 31.1 Å². The average molecular weight is 682 g/mol. The summed E-state index contributed by atoms with van der Waals surface area (Å²) in [6.07, 6.45) is -1.57. The lowest BCUT2D eigenvalue weighted by molar-refractivity contribution is -0.139. The number of carbonyl (C=O) groups excluding carboxylic acids is 2. The Labute approximate surface area is 281 Å². The number of nitrogens with one attached hydrogen (secondary N) is 1. The zero-order chi connectivity index (χ0) is 35.0. The Morgan fingerprint density at radius 3 is 2.51 bits per heavy atom. The van der Waals surface area contributed by atoms with Crippen LogP contribution < -0.4 is 4.74 Å². The molecule has 0 radical (unpaired) electrons. The predicted molar refractivity (Wildman–Crippen MR) is 175 cm³/mol. The minimum atomic E-state index is -4.55. The SMILES string of the molecule is CC[C@H]1CN(C(=O)Cc2ccc(CN3CCN(C)CC3)c(C(F)(F)F)c2)Cc2cc(Oc3c(F)cnc4[nH]c(C(=O)N(C)C)cc34)cnc21. The van der Waals surface area contributed by atoms with Gasteiger partial charge in [-0.25, -0.2) is 9.37 Å². The molecule has 6 rings (SSSR count). The second kappa shape index (κ2) is 13.7. The highest BCUT2D eigenvalue weighted by Gasteiger charge is 2.35. The van der Waals surface area contributed by atoms with E-state index >= 15 is 4.39 Å². The lowest BCUT2D eigenvalue weighted by Gasteiger charge is -2.34. The van der Waals surface area contributed by atoms with Crippen LogP contribution in [0.4, 0.5) is 17.6 Å². The highest BCUT2D eigenvalue weighted by atomic mass is 19.4. The molecule has 1 atom stereocenters. The van der Waals surface area contributed by atoms with Crippen LogP contribution in [0.25, 0.3) is 11.0 Å². The molecule has 2 aliphatic heterocycles. The van der Waals surface area contributed by atoms with E-state index in [-0.39, 0.29) is 71.0 Å². The second-order valence-electron chi connectivity index (χ2n) is 13.0. The molecule has 10 nitrogen and oxygen atoms in total. The standard InChI is InChI=1S/C35H39F4N7O3/c1-5-22-19-46(30(47)13-21-6-7-23(27(12-21)35(37,38)39)18-45-10-8-44(4)9-11-45)20-24-14-25(16-40-31(22)24)49-32-26-15-29(34(48)43(2)3)42-33(26)41-17-28(32)36/h6-7,12,14-17,22H,5,8-11,13,18-20H2,1-4H3,(H,41,42)/t22-/m0/s1. The third kappa shape index (κ3) is 7.39. The van der Waals surface area contributed by atoms with Gasteiger partial charge in [-0.3, -0.25) is 19.5 Å². The van der Waals surface area contributed by atoms with Crippen LogP contribution in [0.3, 0.4) is 0 Å². The molecule has 1 saturated heterocycles. The van der Waals surface area contributed by atoms with Crippen LogP contribution in [-0.4, -0.2) is 100 Å². The third-order valence-corrected chi connectivity index (χ3v) is 9.26. The molecule has 2 aliphatic rings. The molecule has 0 saturated carbocycles. The van der Waals surface area contributed by atoms with Gasteiger partial charge in [-0.2, -0.15) is 13.2 Å². The summed E-state index contributed by atoms with van der Waals surface area (Å²) in [5.41, 5.74) is 1.77. The number of H-pyrrole nitrogens is 1. The number of amides is 2. The van der Waals surface area contributed by atoms with Gasteiger partial charge in [0.2, 0.25) is 5.91 Å². The minimum Gasteiger partial charge on any atom is -0.452 e. The molecule has 1 aromatic carbocycles. The molecular weight excluding hydrogens is 642 g/mol.